The van der Waals surface area contributed by atoms with E-state index in [0.29, 0.717) is 6.61 Å². The molecule has 24 heavy (non-hydrogen) atoms. The molecule has 2 aliphatic rings. The van der Waals surface area contributed by atoms with Crippen molar-refractivity contribution in [3.63, 3.8) is 0 Å². The molecule has 0 N–H and O–H groups in total. The molecule has 0 saturated heterocycles. The number of hydrogen-bond acceptors (Lipinski definition) is 2. The Hall–Kier alpha value is -2.55. The van der Waals surface area contributed by atoms with Gasteiger partial charge < -0.3 is 9.47 Å². The van der Waals surface area contributed by atoms with Gasteiger partial charge in [-0.05, 0) is 38.1 Å². The molecular weight excluding hydrogens is 298 g/mol. The van der Waals surface area contributed by atoms with Crippen molar-refractivity contribution in [2.45, 2.75) is 19.3 Å². The van der Waals surface area contributed by atoms with Crippen LogP contribution in [0, 0.1) is 0 Å². The summed E-state index contributed by atoms with van der Waals surface area (Å²) in [5, 5.41) is 0. The second kappa shape index (κ2) is 5.52. The lowest BCUT2D eigenvalue weighted by molar-refractivity contribution is -0.439. The second-order valence-electron chi connectivity index (χ2n) is 6.76. The van der Waals surface area contributed by atoms with Gasteiger partial charge in [-0.3, -0.25) is 0 Å². The van der Waals surface area contributed by atoms with E-state index in [1.165, 1.54) is 17.0 Å². The summed E-state index contributed by atoms with van der Waals surface area (Å²) < 4.78 is 13.7. The quantitative estimate of drug-likeness (QED) is 0.776. The Labute approximate surface area is 142 Å². The van der Waals surface area contributed by atoms with Crippen molar-refractivity contribution in [3.05, 3.63) is 65.7 Å². The number of benzene rings is 2. The topological polar surface area (TPSA) is 21.5 Å². The standard InChI is InChI=1S/C21H22NO2/c1-21(2)17-6-4-5-7-18(17)22-12-13-24-19(14-20(21)22)15-8-10-16(23-3)11-9-15/h4-11,14H,12-13H2,1-3H3/q+1. The van der Waals surface area contributed by atoms with Crippen LogP contribution in [0.4, 0.5) is 5.69 Å². The summed E-state index contributed by atoms with van der Waals surface area (Å²) in [6.07, 6.45) is 2.20. The number of fused-ring (bicyclic) bond motifs is 2. The molecular formula is C21H22NO2+. The van der Waals surface area contributed by atoms with Crippen molar-refractivity contribution >= 4 is 17.2 Å². The Bertz CT molecular complexity index is 844. The van der Waals surface area contributed by atoms with Crippen LogP contribution in [-0.2, 0) is 10.2 Å². The molecule has 122 valence electrons. The molecule has 4 rings (SSSR count). The first-order valence-corrected chi connectivity index (χ1v) is 8.34. The van der Waals surface area contributed by atoms with Crippen molar-refractivity contribution in [2.24, 2.45) is 0 Å². The molecule has 3 nitrogen and oxygen atoms in total. The van der Waals surface area contributed by atoms with Crippen LogP contribution in [0.15, 0.2) is 54.6 Å². The zero-order chi connectivity index (χ0) is 16.7. The van der Waals surface area contributed by atoms with Crippen LogP contribution >= 0.6 is 0 Å². The minimum absolute atomic E-state index is 0.0258. The van der Waals surface area contributed by atoms with Gasteiger partial charge in [-0.15, -0.1) is 0 Å². The van der Waals surface area contributed by atoms with Gasteiger partial charge in [0.2, 0.25) is 5.69 Å². The number of hydrogen-bond donors (Lipinski definition) is 0. The lowest BCUT2D eigenvalue weighted by Gasteiger charge is -2.16. The third kappa shape index (κ3) is 2.23. The number of ether oxygens (including phenoxy) is 2. The zero-order valence-corrected chi connectivity index (χ0v) is 14.4. The maximum Gasteiger partial charge on any atom is 0.209 e. The van der Waals surface area contributed by atoms with Crippen molar-refractivity contribution < 1.29 is 14.0 Å². The van der Waals surface area contributed by atoms with Gasteiger partial charge in [0.25, 0.3) is 0 Å². The minimum atomic E-state index is -0.0258. The summed E-state index contributed by atoms with van der Waals surface area (Å²) >= 11 is 0. The van der Waals surface area contributed by atoms with Crippen LogP contribution in [-0.4, -0.2) is 30.5 Å². The summed E-state index contributed by atoms with van der Waals surface area (Å²) in [6, 6.07) is 16.7. The number of nitrogens with zero attached hydrogens (tertiary/aromatic N) is 1. The molecule has 0 fully saturated rings. The Morgan fingerprint density at radius 3 is 2.54 bits per heavy atom. The van der Waals surface area contributed by atoms with E-state index in [4.69, 9.17) is 9.47 Å². The Kier molecular flexibility index (Phi) is 3.45. The number of rotatable bonds is 2. The largest absolute Gasteiger partial charge is 0.497 e. The van der Waals surface area contributed by atoms with Crippen LogP contribution in [0.1, 0.15) is 25.0 Å². The highest BCUT2D eigenvalue weighted by molar-refractivity contribution is 6.06. The van der Waals surface area contributed by atoms with Crippen molar-refractivity contribution in [3.8, 4) is 5.75 Å². The first kappa shape index (κ1) is 15.0. The lowest BCUT2D eigenvalue weighted by Crippen LogP contribution is -2.27. The monoisotopic (exact) mass is 320 g/mol. The first-order chi connectivity index (χ1) is 11.6. The fourth-order valence-corrected chi connectivity index (χ4v) is 3.68. The SMILES string of the molecule is COc1ccc(C2=CC3=[N+](CCO2)c2ccccc2C3(C)C)cc1. The van der Waals surface area contributed by atoms with Crippen LogP contribution < -0.4 is 4.74 Å². The third-order valence-electron chi connectivity index (χ3n) is 5.01. The van der Waals surface area contributed by atoms with E-state index < -0.39 is 0 Å². The highest BCUT2D eigenvalue weighted by atomic mass is 16.5. The summed E-state index contributed by atoms with van der Waals surface area (Å²) in [5.74, 6) is 1.78. The molecule has 0 aliphatic carbocycles. The molecule has 0 aromatic heterocycles. The van der Waals surface area contributed by atoms with Crippen LogP contribution in [0.25, 0.3) is 5.76 Å². The summed E-state index contributed by atoms with van der Waals surface area (Å²) in [6.45, 7) is 6.11. The van der Waals surface area contributed by atoms with E-state index in [2.05, 4.69) is 60.9 Å². The highest BCUT2D eigenvalue weighted by Crippen LogP contribution is 2.41. The number of allylic oxidation sites excluding steroid dienone is 1. The normalized spacial score (nSPS) is 18.2. The van der Waals surface area contributed by atoms with Crippen LogP contribution in [0.2, 0.25) is 0 Å². The minimum Gasteiger partial charge on any atom is -0.497 e. The first-order valence-electron chi connectivity index (χ1n) is 8.34. The van der Waals surface area contributed by atoms with Gasteiger partial charge in [-0.25, -0.2) is 0 Å². The zero-order valence-electron chi connectivity index (χ0n) is 14.4. The predicted octanol–water partition coefficient (Wildman–Crippen LogP) is 4.14. The van der Waals surface area contributed by atoms with E-state index in [1.807, 2.05) is 12.1 Å². The van der Waals surface area contributed by atoms with Gasteiger partial charge in [0.1, 0.15) is 18.1 Å². The van der Waals surface area contributed by atoms with Crippen LogP contribution in [0.5, 0.6) is 5.75 Å². The van der Waals surface area contributed by atoms with Gasteiger partial charge in [0, 0.05) is 23.3 Å². The molecule has 0 radical (unpaired) electrons. The van der Waals surface area contributed by atoms with E-state index in [9.17, 15) is 0 Å². The average Bonchev–Trinajstić information content (AvgIpc) is 2.77. The second-order valence-corrected chi connectivity index (χ2v) is 6.76. The molecule has 0 atom stereocenters. The molecule has 0 unspecified atom stereocenters. The highest BCUT2D eigenvalue weighted by Gasteiger charge is 2.45. The summed E-state index contributed by atoms with van der Waals surface area (Å²) in [5.41, 5.74) is 5.03. The van der Waals surface area contributed by atoms with Gasteiger partial charge in [0.05, 0.1) is 12.5 Å². The molecule has 2 aromatic rings. The van der Waals surface area contributed by atoms with Crippen molar-refractivity contribution in [1.82, 2.24) is 0 Å². The van der Waals surface area contributed by atoms with E-state index >= 15 is 0 Å². The van der Waals surface area contributed by atoms with Crippen molar-refractivity contribution in [2.75, 3.05) is 20.3 Å². The van der Waals surface area contributed by atoms with Gasteiger partial charge in [-0.2, -0.15) is 4.58 Å². The molecule has 0 bridgehead atoms. The third-order valence-corrected chi connectivity index (χ3v) is 5.01. The summed E-state index contributed by atoms with van der Waals surface area (Å²) in [4.78, 5) is 0. The maximum absolute atomic E-state index is 6.07. The van der Waals surface area contributed by atoms with E-state index in [1.54, 1.807) is 7.11 Å². The molecule has 0 amide bonds. The fourth-order valence-electron chi connectivity index (χ4n) is 3.68. The number of methoxy groups -OCH3 is 1. The molecule has 3 heteroatoms. The molecule has 0 saturated carbocycles. The molecule has 2 aliphatic heterocycles. The summed E-state index contributed by atoms with van der Waals surface area (Å²) in [7, 11) is 1.68. The van der Waals surface area contributed by atoms with Gasteiger partial charge in [-0.1, -0.05) is 18.2 Å². The van der Waals surface area contributed by atoms with Gasteiger partial charge in [0.15, 0.2) is 12.3 Å². The van der Waals surface area contributed by atoms with Crippen molar-refractivity contribution in [1.29, 1.82) is 0 Å². The Morgan fingerprint density at radius 2 is 1.79 bits per heavy atom. The van der Waals surface area contributed by atoms with Crippen LogP contribution in [0.3, 0.4) is 0 Å². The Morgan fingerprint density at radius 1 is 1.04 bits per heavy atom. The predicted molar refractivity (Wildman–Crippen MR) is 96.2 cm³/mol. The number of para-hydroxylation sites is 1. The maximum atomic E-state index is 6.07. The molecule has 2 heterocycles. The van der Waals surface area contributed by atoms with E-state index in [0.717, 1.165) is 23.6 Å². The Balaban J connectivity index is 1.81. The molecule has 0 spiro atoms. The van der Waals surface area contributed by atoms with Gasteiger partial charge >= 0.3 is 0 Å². The average molecular weight is 320 g/mol. The lowest BCUT2D eigenvalue weighted by atomic mass is 9.81. The smallest absolute Gasteiger partial charge is 0.209 e. The molecule has 2 aromatic carbocycles. The van der Waals surface area contributed by atoms with E-state index in [-0.39, 0.29) is 5.41 Å². The fraction of sp³-hybridized carbons (Fsp3) is 0.286.